The Bertz CT molecular complexity index is 1290. The number of rotatable bonds is 7. The molecule has 0 saturated carbocycles. The van der Waals surface area contributed by atoms with Crippen molar-refractivity contribution in [1.82, 2.24) is 0 Å². The van der Waals surface area contributed by atoms with Crippen LogP contribution < -0.4 is 15.4 Å². The van der Waals surface area contributed by atoms with Crippen LogP contribution in [0.15, 0.2) is 71.6 Å². The van der Waals surface area contributed by atoms with E-state index in [1.54, 1.807) is 36.4 Å². The second kappa shape index (κ2) is 10.1. The molecule has 0 aromatic heterocycles. The smallest absolute Gasteiger partial charge is 0.255 e. The van der Waals surface area contributed by atoms with Crippen LogP contribution in [0.1, 0.15) is 34.6 Å². The molecule has 0 saturated heterocycles. The summed E-state index contributed by atoms with van der Waals surface area (Å²) in [4.78, 5) is 25.1. The first-order chi connectivity index (χ1) is 15.5. The Kier molecular flexibility index (Phi) is 7.40. The Morgan fingerprint density at radius 1 is 0.879 bits per heavy atom. The highest BCUT2D eigenvalue weighted by Gasteiger charge is 2.14. The van der Waals surface area contributed by atoms with E-state index in [-0.39, 0.29) is 27.5 Å². The Labute approximate surface area is 197 Å². The van der Waals surface area contributed by atoms with Crippen molar-refractivity contribution in [1.29, 1.82) is 0 Å². The molecule has 2 amide bonds. The second-order valence-corrected chi connectivity index (χ2v) is 10.0. The van der Waals surface area contributed by atoms with E-state index in [0.29, 0.717) is 22.7 Å². The summed E-state index contributed by atoms with van der Waals surface area (Å²) in [5, 5.41) is 5.61. The van der Waals surface area contributed by atoms with E-state index in [0.717, 1.165) is 6.26 Å². The lowest BCUT2D eigenvalue weighted by Crippen LogP contribution is -2.14. The third-order valence-electron chi connectivity index (χ3n) is 4.49. The number of ether oxygens (including phenoxy) is 1. The first kappa shape index (κ1) is 24.3. The zero-order chi connectivity index (χ0) is 24.2. The highest BCUT2D eigenvalue weighted by Crippen LogP contribution is 2.27. The van der Waals surface area contributed by atoms with Gasteiger partial charge in [-0.05, 0) is 74.5 Å². The Morgan fingerprint density at radius 3 is 2.15 bits per heavy atom. The molecule has 172 valence electrons. The lowest BCUT2D eigenvalue weighted by molar-refractivity contribution is 0.101. The molecule has 9 heteroatoms. The van der Waals surface area contributed by atoms with Gasteiger partial charge in [-0.25, -0.2) is 8.42 Å². The van der Waals surface area contributed by atoms with Gasteiger partial charge >= 0.3 is 0 Å². The van der Waals surface area contributed by atoms with Crippen LogP contribution in [-0.4, -0.2) is 32.6 Å². The van der Waals surface area contributed by atoms with Crippen LogP contribution in [0, 0.1) is 0 Å². The lowest BCUT2D eigenvalue weighted by Gasteiger charge is -2.12. The molecule has 7 nitrogen and oxygen atoms in total. The third kappa shape index (κ3) is 6.57. The largest absolute Gasteiger partial charge is 0.491 e. The summed E-state index contributed by atoms with van der Waals surface area (Å²) in [6.07, 6.45) is 1.11. The van der Waals surface area contributed by atoms with Gasteiger partial charge in [0.2, 0.25) is 0 Å². The van der Waals surface area contributed by atoms with E-state index in [1.165, 1.54) is 30.3 Å². The molecule has 0 bridgehead atoms. The maximum atomic E-state index is 12.5. The average molecular weight is 487 g/mol. The van der Waals surface area contributed by atoms with E-state index in [9.17, 15) is 18.0 Å². The fraction of sp³-hybridized carbons (Fsp3) is 0.167. The van der Waals surface area contributed by atoms with Crippen molar-refractivity contribution in [3.8, 4) is 5.75 Å². The number of carbonyl (C=O) groups excluding carboxylic acids is 2. The number of halogens is 1. The van der Waals surface area contributed by atoms with E-state index in [2.05, 4.69) is 10.6 Å². The zero-order valence-corrected chi connectivity index (χ0v) is 19.8. The minimum atomic E-state index is -3.44. The minimum Gasteiger partial charge on any atom is -0.491 e. The summed E-state index contributed by atoms with van der Waals surface area (Å²) in [5.74, 6) is -0.161. The summed E-state index contributed by atoms with van der Waals surface area (Å²) in [5.41, 5.74) is 1.39. The van der Waals surface area contributed by atoms with Gasteiger partial charge in [0, 0.05) is 23.1 Å². The fourth-order valence-electron chi connectivity index (χ4n) is 2.92. The van der Waals surface area contributed by atoms with Gasteiger partial charge in [0.15, 0.2) is 9.84 Å². The molecule has 3 aromatic carbocycles. The predicted molar refractivity (Wildman–Crippen MR) is 129 cm³/mol. The van der Waals surface area contributed by atoms with Crippen LogP contribution in [0.2, 0.25) is 5.02 Å². The lowest BCUT2D eigenvalue weighted by atomic mass is 10.2. The number of hydrogen-bond donors (Lipinski definition) is 2. The molecule has 0 heterocycles. The Balaban J connectivity index is 1.68. The van der Waals surface area contributed by atoms with Crippen molar-refractivity contribution >= 4 is 44.6 Å². The molecule has 0 unspecified atom stereocenters. The molecule has 0 atom stereocenters. The van der Waals surface area contributed by atoms with Crippen molar-refractivity contribution < 1.29 is 22.7 Å². The monoisotopic (exact) mass is 486 g/mol. The van der Waals surface area contributed by atoms with E-state index < -0.39 is 15.7 Å². The van der Waals surface area contributed by atoms with E-state index >= 15 is 0 Å². The number of anilines is 2. The molecule has 0 aliphatic rings. The Hall–Kier alpha value is -3.36. The van der Waals surface area contributed by atoms with E-state index in [1.807, 2.05) is 13.8 Å². The van der Waals surface area contributed by atoms with Crippen molar-refractivity contribution in [3.05, 3.63) is 82.9 Å². The number of sulfone groups is 1. The topological polar surface area (TPSA) is 102 Å². The minimum absolute atomic E-state index is 0.0365. The van der Waals surface area contributed by atoms with Gasteiger partial charge in [0.1, 0.15) is 5.75 Å². The number of benzene rings is 3. The van der Waals surface area contributed by atoms with E-state index in [4.69, 9.17) is 16.3 Å². The molecule has 3 rings (SSSR count). The molecule has 0 aliphatic carbocycles. The molecule has 0 spiro atoms. The normalized spacial score (nSPS) is 11.2. The highest BCUT2D eigenvalue weighted by molar-refractivity contribution is 7.90. The molecule has 0 radical (unpaired) electrons. The van der Waals surface area contributed by atoms with Crippen molar-refractivity contribution in [2.75, 3.05) is 16.9 Å². The maximum absolute atomic E-state index is 12.5. The number of nitrogens with one attached hydrogen (secondary N) is 2. The van der Waals surface area contributed by atoms with Gasteiger partial charge in [-0.15, -0.1) is 0 Å². The SMILES string of the molecule is CC(C)Oc1ccc(C(=O)Nc2ccc(NC(=O)c3cccc(S(C)(=O)=O)c3)c(Cl)c2)cc1. The highest BCUT2D eigenvalue weighted by atomic mass is 35.5. The zero-order valence-electron chi connectivity index (χ0n) is 18.3. The van der Waals surface area contributed by atoms with Gasteiger partial charge in [0.25, 0.3) is 11.8 Å². The van der Waals surface area contributed by atoms with Crippen molar-refractivity contribution in [2.45, 2.75) is 24.8 Å². The Morgan fingerprint density at radius 2 is 1.55 bits per heavy atom. The number of hydrogen-bond acceptors (Lipinski definition) is 5. The number of amides is 2. The van der Waals surface area contributed by atoms with Gasteiger partial charge in [-0.3, -0.25) is 9.59 Å². The number of carbonyl (C=O) groups is 2. The molecule has 2 N–H and O–H groups in total. The average Bonchev–Trinajstić information content (AvgIpc) is 2.75. The summed E-state index contributed by atoms with van der Waals surface area (Å²) in [7, 11) is -3.44. The third-order valence-corrected chi connectivity index (χ3v) is 5.91. The predicted octanol–water partition coefficient (Wildman–Crippen LogP) is 5.04. The molecular formula is C24H23ClN2O5S. The summed E-state index contributed by atoms with van der Waals surface area (Å²) >= 11 is 6.29. The van der Waals surface area contributed by atoms with Gasteiger partial charge in [0.05, 0.1) is 21.7 Å². The van der Waals surface area contributed by atoms with Crippen molar-refractivity contribution in [2.24, 2.45) is 0 Å². The molecule has 0 fully saturated rings. The second-order valence-electron chi connectivity index (χ2n) is 7.59. The van der Waals surface area contributed by atoms with Crippen LogP contribution in [-0.2, 0) is 9.84 Å². The first-order valence-corrected chi connectivity index (χ1v) is 12.3. The standard InChI is InChI=1S/C24H23ClN2O5S/c1-15(2)32-19-10-7-16(8-11-19)23(28)26-18-9-12-22(21(25)14-18)27-24(29)17-5-4-6-20(13-17)33(3,30)31/h4-15H,1-3H3,(H,26,28)(H,27,29). The first-order valence-electron chi connectivity index (χ1n) is 10.0. The maximum Gasteiger partial charge on any atom is 0.255 e. The van der Waals surface area contributed by atoms with Gasteiger partial charge < -0.3 is 15.4 Å². The summed E-state index contributed by atoms with van der Waals surface area (Å²) < 4.78 is 29.0. The van der Waals surface area contributed by atoms with Crippen LogP contribution >= 0.6 is 11.6 Å². The van der Waals surface area contributed by atoms with Crippen LogP contribution in [0.5, 0.6) is 5.75 Å². The molecule has 0 aliphatic heterocycles. The van der Waals surface area contributed by atoms with Crippen LogP contribution in [0.3, 0.4) is 0 Å². The van der Waals surface area contributed by atoms with Crippen LogP contribution in [0.25, 0.3) is 0 Å². The quantitative estimate of drug-likeness (QED) is 0.487. The van der Waals surface area contributed by atoms with Gasteiger partial charge in [-0.2, -0.15) is 0 Å². The molecule has 33 heavy (non-hydrogen) atoms. The molecule has 3 aromatic rings. The van der Waals surface area contributed by atoms with Crippen LogP contribution in [0.4, 0.5) is 11.4 Å². The fourth-order valence-corrected chi connectivity index (χ4v) is 3.81. The molecular weight excluding hydrogens is 464 g/mol. The van der Waals surface area contributed by atoms with Gasteiger partial charge in [-0.1, -0.05) is 17.7 Å². The van der Waals surface area contributed by atoms with Crippen molar-refractivity contribution in [3.63, 3.8) is 0 Å². The summed E-state index contributed by atoms with van der Waals surface area (Å²) in [6.45, 7) is 3.84. The summed E-state index contributed by atoms with van der Waals surface area (Å²) in [6, 6.07) is 17.1.